The van der Waals surface area contributed by atoms with Gasteiger partial charge in [0, 0.05) is 18.7 Å². The Labute approximate surface area is 192 Å². The van der Waals surface area contributed by atoms with Gasteiger partial charge in [-0.1, -0.05) is 18.2 Å². The molecule has 1 aromatic rings. The first-order chi connectivity index (χ1) is 15.6. The summed E-state index contributed by atoms with van der Waals surface area (Å²) < 4.78 is 45.8. The maximum absolute atomic E-state index is 12.7. The van der Waals surface area contributed by atoms with Gasteiger partial charge in [-0.05, 0) is 76.0 Å². The van der Waals surface area contributed by atoms with E-state index in [1.165, 1.54) is 5.56 Å². The Balaban J connectivity index is 1.27. The number of rotatable bonds is 9. The minimum Gasteiger partial charge on any atom is -0.494 e. The van der Waals surface area contributed by atoms with Crippen molar-refractivity contribution in [2.45, 2.75) is 81.2 Å². The molecule has 0 aromatic heterocycles. The lowest BCUT2D eigenvalue weighted by atomic mass is 9.82. The van der Waals surface area contributed by atoms with Crippen molar-refractivity contribution in [3.8, 4) is 5.75 Å². The van der Waals surface area contributed by atoms with Crippen LogP contribution in [-0.2, 0) is 19.5 Å². The minimum atomic E-state index is -3.36. The van der Waals surface area contributed by atoms with Crippen LogP contribution in [0.4, 0.5) is 0 Å². The van der Waals surface area contributed by atoms with E-state index in [1.807, 2.05) is 13.0 Å². The zero-order valence-electron chi connectivity index (χ0n) is 19.1. The maximum Gasteiger partial charge on any atom is 0.217 e. The van der Waals surface area contributed by atoms with Crippen molar-refractivity contribution in [1.82, 2.24) is 10.0 Å². The van der Waals surface area contributed by atoms with E-state index in [2.05, 4.69) is 28.2 Å². The molecule has 2 N–H and O–H groups in total. The molecule has 3 fully saturated rings. The molecule has 180 valence electrons. The SMILES string of the molecule is CCOc1ccccc1[C@H]1CC[C@@H](OC[C@@H]2NCCC[C@@H]2NS(=O)(=O)[C@H]2CCOC2)CC1. The van der Waals surface area contributed by atoms with E-state index in [-0.39, 0.29) is 18.2 Å². The van der Waals surface area contributed by atoms with Crippen LogP contribution in [0.2, 0.25) is 0 Å². The van der Waals surface area contributed by atoms with Crippen LogP contribution in [0, 0.1) is 0 Å². The Hall–Kier alpha value is -1.19. The standard InChI is InChI=1S/C24H38N2O5S/c1-2-30-24-8-4-3-6-21(24)18-9-11-19(12-10-18)31-17-23-22(7-5-14-25-23)26-32(27,28)20-13-15-29-16-20/h3-4,6,8,18-20,22-23,25-26H,2,5,7,9-17H2,1H3/t18-,19+,20-,22-,23-/m0/s1. The molecule has 0 spiro atoms. The Morgan fingerprint density at radius 3 is 2.69 bits per heavy atom. The van der Waals surface area contributed by atoms with Crippen molar-refractivity contribution in [1.29, 1.82) is 0 Å². The summed E-state index contributed by atoms with van der Waals surface area (Å²) in [5.74, 6) is 1.52. The summed E-state index contributed by atoms with van der Waals surface area (Å²) in [5.41, 5.74) is 1.31. The van der Waals surface area contributed by atoms with E-state index in [0.29, 0.717) is 38.8 Å². The van der Waals surface area contributed by atoms with Crippen LogP contribution in [0.25, 0.3) is 0 Å². The second-order valence-electron chi connectivity index (χ2n) is 9.24. The zero-order valence-corrected chi connectivity index (χ0v) is 19.9. The third kappa shape index (κ3) is 6.03. The molecule has 2 saturated heterocycles. The quantitative estimate of drug-likeness (QED) is 0.582. The predicted molar refractivity (Wildman–Crippen MR) is 125 cm³/mol. The molecule has 0 unspecified atom stereocenters. The van der Waals surface area contributed by atoms with Crippen LogP contribution in [0.15, 0.2) is 24.3 Å². The molecule has 4 rings (SSSR count). The molecule has 2 heterocycles. The fraction of sp³-hybridized carbons (Fsp3) is 0.750. The molecule has 0 bridgehead atoms. The van der Waals surface area contributed by atoms with Crippen molar-refractivity contribution in [2.75, 3.05) is 33.0 Å². The molecule has 3 atom stereocenters. The summed E-state index contributed by atoms with van der Waals surface area (Å²) in [7, 11) is -3.36. The van der Waals surface area contributed by atoms with E-state index in [1.54, 1.807) is 0 Å². The highest BCUT2D eigenvalue weighted by atomic mass is 32.2. The van der Waals surface area contributed by atoms with E-state index in [0.717, 1.165) is 50.8 Å². The van der Waals surface area contributed by atoms with E-state index >= 15 is 0 Å². The third-order valence-electron chi connectivity index (χ3n) is 7.07. The molecule has 3 aliphatic rings. The van der Waals surface area contributed by atoms with Crippen molar-refractivity contribution >= 4 is 10.0 Å². The Bertz CT molecular complexity index is 819. The summed E-state index contributed by atoms with van der Waals surface area (Å²) in [6.45, 7) is 4.97. The lowest BCUT2D eigenvalue weighted by molar-refractivity contribution is 0.00508. The average Bonchev–Trinajstić information content (AvgIpc) is 3.36. The zero-order chi connectivity index (χ0) is 22.4. The molecule has 0 amide bonds. The van der Waals surface area contributed by atoms with Gasteiger partial charge in [0.2, 0.25) is 10.0 Å². The predicted octanol–water partition coefficient (Wildman–Crippen LogP) is 2.96. The number of hydrogen-bond donors (Lipinski definition) is 2. The van der Waals surface area contributed by atoms with Crippen LogP contribution in [0.3, 0.4) is 0 Å². The number of nitrogens with one attached hydrogen (secondary N) is 2. The highest BCUT2D eigenvalue weighted by molar-refractivity contribution is 7.90. The molecule has 8 heteroatoms. The average molecular weight is 467 g/mol. The summed E-state index contributed by atoms with van der Waals surface area (Å²) in [6, 6.07) is 8.27. The van der Waals surface area contributed by atoms with Crippen molar-refractivity contribution < 1.29 is 22.6 Å². The maximum atomic E-state index is 12.7. The molecular formula is C24H38N2O5S. The number of hydrogen-bond acceptors (Lipinski definition) is 6. The topological polar surface area (TPSA) is 85.9 Å². The third-order valence-corrected chi connectivity index (χ3v) is 8.95. The molecule has 0 radical (unpaired) electrons. The summed E-state index contributed by atoms with van der Waals surface area (Å²) in [5, 5.41) is 3.05. The highest BCUT2D eigenvalue weighted by Crippen LogP contribution is 2.38. The number of benzene rings is 1. The smallest absolute Gasteiger partial charge is 0.217 e. The van der Waals surface area contributed by atoms with E-state index in [9.17, 15) is 8.42 Å². The van der Waals surface area contributed by atoms with Gasteiger partial charge in [-0.15, -0.1) is 0 Å². The van der Waals surface area contributed by atoms with Gasteiger partial charge in [-0.25, -0.2) is 13.1 Å². The van der Waals surface area contributed by atoms with Gasteiger partial charge < -0.3 is 19.5 Å². The highest BCUT2D eigenvalue weighted by Gasteiger charge is 2.35. The lowest BCUT2D eigenvalue weighted by Crippen LogP contribution is -2.57. The summed E-state index contributed by atoms with van der Waals surface area (Å²) >= 11 is 0. The fourth-order valence-corrected chi connectivity index (χ4v) is 6.80. The minimum absolute atomic E-state index is 0.0113. The second-order valence-corrected chi connectivity index (χ2v) is 11.2. The monoisotopic (exact) mass is 466 g/mol. The van der Waals surface area contributed by atoms with E-state index < -0.39 is 15.3 Å². The summed E-state index contributed by atoms with van der Waals surface area (Å²) in [6.07, 6.45) is 6.84. The van der Waals surface area contributed by atoms with Gasteiger partial charge >= 0.3 is 0 Å². The number of sulfonamides is 1. The van der Waals surface area contributed by atoms with E-state index in [4.69, 9.17) is 14.2 Å². The first kappa shape index (κ1) is 24.0. The van der Waals surface area contributed by atoms with Crippen LogP contribution in [-0.4, -0.2) is 64.8 Å². The molecule has 1 aliphatic carbocycles. The van der Waals surface area contributed by atoms with Crippen molar-refractivity contribution in [3.63, 3.8) is 0 Å². The Morgan fingerprint density at radius 1 is 1.12 bits per heavy atom. The molecule has 1 saturated carbocycles. The molecule has 2 aliphatic heterocycles. The van der Waals surface area contributed by atoms with Crippen LogP contribution in [0.5, 0.6) is 5.75 Å². The van der Waals surface area contributed by atoms with Gasteiger partial charge in [0.25, 0.3) is 0 Å². The molecule has 7 nitrogen and oxygen atoms in total. The number of ether oxygens (including phenoxy) is 3. The first-order valence-corrected chi connectivity index (χ1v) is 13.8. The van der Waals surface area contributed by atoms with Gasteiger partial charge in [-0.2, -0.15) is 0 Å². The first-order valence-electron chi connectivity index (χ1n) is 12.2. The van der Waals surface area contributed by atoms with Gasteiger partial charge in [0.15, 0.2) is 0 Å². The van der Waals surface area contributed by atoms with Crippen molar-refractivity contribution in [3.05, 3.63) is 29.8 Å². The molecule has 32 heavy (non-hydrogen) atoms. The Kier molecular flexibility index (Phi) is 8.45. The number of para-hydroxylation sites is 1. The lowest BCUT2D eigenvalue weighted by Gasteiger charge is -2.35. The number of piperidine rings is 1. The molecule has 1 aromatic carbocycles. The van der Waals surface area contributed by atoms with Crippen molar-refractivity contribution in [2.24, 2.45) is 0 Å². The van der Waals surface area contributed by atoms with Crippen LogP contribution in [0.1, 0.15) is 63.4 Å². The summed E-state index contributed by atoms with van der Waals surface area (Å²) in [4.78, 5) is 0. The van der Waals surface area contributed by atoms with Crippen LogP contribution >= 0.6 is 0 Å². The largest absolute Gasteiger partial charge is 0.494 e. The van der Waals surface area contributed by atoms with Gasteiger partial charge in [0.1, 0.15) is 11.0 Å². The molecular weight excluding hydrogens is 428 g/mol. The normalized spacial score (nSPS) is 31.5. The van der Waals surface area contributed by atoms with Gasteiger partial charge in [-0.3, -0.25) is 0 Å². The Morgan fingerprint density at radius 2 is 1.94 bits per heavy atom. The van der Waals surface area contributed by atoms with Crippen LogP contribution < -0.4 is 14.8 Å². The fourth-order valence-electron chi connectivity index (χ4n) is 5.22. The van der Waals surface area contributed by atoms with Gasteiger partial charge in [0.05, 0.1) is 25.9 Å². The second kappa shape index (κ2) is 11.3.